The molecular formula is C35H28F4N2O8. The maximum absolute atomic E-state index is 13.3. The van der Waals surface area contributed by atoms with Crippen molar-refractivity contribution in [3.05, 3.63) is 120 Å². The number of halogens is 4. The van der Waals surface area contributed by atoms with E-state index in [1.165, 1.54) is 61.7 Å². The molecule has 0 aliphatic carbocycles. The van der Waals surface area contributed by atoms with Gasteiger partial charge in [-0.1, -0.05) is 42.5 Å². The Kier molecular flexibility index (Phi) is 11.6. The number of nitrogens with zero attached hydrogens (tertiary/aromatic N) is 1. The van der Waals surface area contributed by atoms with Crippen LogP contribution < -0.4 is 10.1 Å². The van der Waals surface area contributed by atoms with Crippen molar-refractivity contribution < 1.29 is 56.7 Å². The predicted octanol–water partition coefficient (Wildman–Crippen LogP) is 6.62. The number of nitrogens with one attached hydrogen (secondary N) is 1. The van der Waals surface area contributed by atoms with Crippen LogP contribution in [0.5, 0.6) is 5.75 Å². The number of carboxylic acids is 1. The average Bonchev–Trinajstić information content (AvgIpc) is 3.07. The molecule has 0 saturated heterocycles. The third-order valence-corrected chi connectivity index (χ3v) is 6.75. The van der Waals surface area contributed by atoms with Gasteiger partial charge >= 0.3 is 24.1 Å². The number of esters is 2. The van der Waals surface area contributed by atoms with E-state index in [4.69, 9.17) is 19.7 Å². The first-order valence-corrected chi connectivity index (χ1v) is 14.4. The second kappa shape index (κ2) is 15.8. The first-order chi connectivity index (χ1) is 23.3. The molecular weight excluding hydrogens is 652 g/mol. The van der Waals surface area contributed by atoms with E-state index in [9.17, 15) is 37.1 Å². The molecule has 4 N–H and O–H groups in total. The number of carbonyl (C=O) groups excluding carboxylic acids is 2. The molecule has 1 unspecified atom stereocenters. The van der Waals surface area contributed by atoms with E-state index < -0.39 is 49.0 Å². The number of carboxylic acid groups (broad SMARTS) is 1. The van der Waals surface area contributed by atoms with Crippen molar-refractivity contribution in [2.75, 3.05) is 18.5 Å². The summed E-state index contributed by atoms with van der Waals surface area (Å²) in [6.07, 6.45) is -4.51. The number of alkyl halides is 3. The Bertz CT molecular complexity index is 1970. The van der Waals surface area contributed by atoms with E-state index in [1.54, 1.807) is 36.4 Å². The normalized spacial score (nSPS) is 11.6. The summed E-state index contributed by atoms with van der Waals surface area (Å²) in [6.45, 7) is 0.244. The SMILES string of the molecule is CC(=O)Oc1ccc(-c2ccc(F)cc2)cc1C(=O)O.O=C(OCC(O)CO)c1ccccc1Nc1ccnc2c(C(F)(F)F)cccc12. The predicted molar refractivity (Wildman–Crippen MR) is 170 cm³/mol. The lowest BCUT2D eigenvalue weighted by molar-refractivity contribution is -0.136. The summed E-state index contributed by atoms with van der Waals surface area (Å²) >= 11 is 0. The summed E-state index contributed by atoms with van der Waals surface area (Å²) in [7, 11) is 0. The molecule has 0 aliphatic heterocycles. The molecule has 4 aromatic carbocycles. The van der Waals surface area contributed by atoms with Crippen molar-refractivity contribution in [2.45, 2.75) is 19.2 Å². The maximum atomic E-state index is 13.3. The summed E-state index contributed by atoms with van der Waals surface area (Å²) in [4.78, 5) is 38.3. The van der Waals surface area contributed by atoms with Crippen LogP contribution in [-0.2, 0) is 15.7 Å². The third kappa shape index (κ3) is 9.37. The lowest BCUT2D eigenvalue weighted by atomic mass is 10.0. The highest BCUT2D eigenvalue weighted by atomic mass is 19.4. The average molecular weight is 681 g/mol. The number of rotatable bonds is 9. The first-order valence-electron chi connectivity index (χ1n) is 14.4. The van der Waals surface area contributed by atoms with Crippen LogP contribution in [0.3, 0.4) is 0 Å². The van der Waals surface area contributed by atoms with Gasteiger partial charge in [-0.25, -0.2) is 14.0 Å². The molecule has 1 heterocycles. The van der Waals surface area contributed by atoms with Crippen molar-refractivity contribution in [3.63, 3.8) is 0 Å². The van der Waals surface area contributed by atoms with E-state index >= 15 is 0 Å². The number of benzene rings is 4. The van der Waals surface area contributed by atoms with Crippen LogP contribution in [-0.4, -0.2) is 57.5 Å². The van der Waals surface area contributed by atoms with Crippen LogP contribution in [0.15, 0.2) is 97.2 Å². The van der Waals surface area contributed by atoms with Crippen LogP contribution in [0.25, 0.3) is 22.0 Å². The van der Waals surface area contributed by atoms with Gasteiger partial charge in [0.15, 0.2) is 0 Å². The van der Waals surface area contributed by atoms with E-state index in [2.05, 4.69) is 10.3 Å². The number of para-hydroxylation sites is 2. The van der Waals surface area contributed by atoms with E-state index in [0.29, 0.717) is 22.5 Å². The second-order valence-electron chi connectivity index (χ2n) is 10.3. The molecule has 49 heavy (non-hydrogen) atoms. The minimum Gasteiger partial charge on any atom is -0.478 e. The monoisotopic (exact) mass is 680 g/mol. The number of aliphatic hydroxyl groups is 2. The number of aliphatic hydroxyl groups excluding tert-OH is 2. The van der Waals surface area contributed by atoms with Crippen molar-refractivity contribution in [3.8, 4) is 16.9 Å². The molecule has 0 fully saturated rings. The molecule has 0 amide bonds. The van der Waals surface area contributed by atoms with E-state index in [0.717, 1.165) is 6.07 Å². The van der Waals surface area contributed by atoms with Crippen LogP contribution in [0.2, 0.25) is 0 Å². The lowest BCUT2D eigenvalue weighted by Gasteiger charge is -2.15. The summed E-state index contributed by atoms with van der Waals surface area (Å²) in [5.74, 6) is -2.94. The Morgan fingerprint density at radius 3 is 2.22 bits per heavy atom. The smallest absolute Gasteiger partial charge is 0.418 e. The van der Waals surface area contributed by atoms with Crippen LogP contribution in [0, 0.1) is 5.82 Å². The van der Waals surface area contributed by atoms with Crippen molar-refractivity contribution in [1.82, 2.24) is 4.98 Å². The molecule has 254 valence electrons. The van der Waals surface area contributed by atoms with Gasteiger partial charge in [-0.15, -0.1) is 0 Å². The molecule has 5 aromatic rings. The number of fused-ring (bicyclic) bond motifs is 1. The number of carbonyl (C=O) groups is 3. The molecule has 0 radical (unpaired) electrons. The van der Waals surface area contributed by atoms with Gasteiger partial charge in [-0.2, -0.15) is 13.2 Å². The zero-order valence-electron chi connectivity index (χ0n) is 25.6. The fraction of sp³-hybridized carbons (Fsp3) is 0.143. The fourth-order valence-corrected chi connectivity index (χ4v) is 4.49. The number of hydrogen-bond acceptors (Lipinski definition) is 9. The summed E-state index contributed by atoms with van der Waals surface area (Å²) < 4.78 is 62.5. The molecule has 0 bridgehead atoms. The van der Waals surface area contributed by atoms with Gasteiger partial charge in [-0.3, -0.25) is 9.78 Å². The van der Waals surface area contributed by atoms with E-state index in [1.807, 2.05) is 0 Å². The quantitative estimate of drug-likeness (QED) is 0.0758. The molecule has 10 nitrogen and oxygen atoms in total. The van der Waals surface area contributed by atoms with Gasteiger partial charge in [0.05, 0.1) is 28.9 Å². The Labute approximate surface area is 276 Å². The Balaban J connectivity index is 0.000000237. The lowest BCUT2D eigenvalue weighted by Crippen LogP contribution is -2.22. The number of anilines is 2. The van der Waals surface area contributed by atoms with Crippen LogP contribution in [0.1, 0.15) is 33.2 Å². The first kappa shape index (κ1) is 36.0. The number of ether oxygens (including phenoxy) is 2. The topological polar surface area (TPSA) is 155 Å². The van der Waals surface area contributed by atoms with Crippen molar-refractivity contribution in [2.24, 2.45) is 0 Å². The van der Waals surface area contributed by atoms with Gasteiger partial charge in [0.2, 0.25) is 0 Å². The van der Waals surface area contributed by atoms with Gasteiger partial charge in [-0.05, 0) is 59.7 Å². The molecule has 14 heteroatoms. The highest BCUT2D eigenvalue weighted by molar-refractivity contribution is 6.00. The highest BCUT2D eigenvalue weighted by Crippen LogP contribution is 2.36. The summed E-state index contributed by atoms with van der Waals surface area (Å²) in [5.41, 5.74) is 0.830. The van der Waals surface area contributed by atoms with E-state index in [-0.39, 0.29) is 33.6 Å². The maximum Gasteiger partial charge on any atom is 0.418 e. The zero-order chi connectivity index (χ0) is 35.7. The molecule has 1 atom stereocenters. The molecule has 1 aromatic heterocycles. The summed E-state index contributed by atoms with van der Waals surface area (Å²) in [5, 5.41) is 30.5. The van der Waals surface area contributed by atoms with Crippen molar-refractivity contribution in [1.29, 1.82) is 0 Å². The number of aromatic carboxylic acids is 1. The fourth-order valence-electron chi connectivity index (χ4n) is 4.49. The minimum absolute atomic E-state index is 0.0177. The van der Waals surface area contributed by atoms with Crippen LogP contribution in [0.4, 0.5) is 28.9 Å². The minimum atomic E-state index is -4.56. The van der Waals surface area contributed by atoms with Crippen molar-refractivity contribution >= 4 is 40.2 Å². The molecule has 0 spiro atoms. The Hall–Kier alpha value is -5.86. The number of hydrogen-bond donors (Lipinski definition) is 4. The molecule has 0 saturated carbocycles. The number of pyridine rings is 1. The summed E-state index contributed by atoms with van der Waals surface area (Å²) in [6, 6.07) is 21.6. The van der Waals surface area contributed by atoms with Gasteiger partial charge in [0.1, 0.15) is 29.8 Å². The van der Waals surface area contributed by atoms with Gasteiger partial charge < -0.3 is 30.1 Å². The third-order valence-electron chi connectivity index (χ3n) is 6.75. The molecule has 0 aliphatic rings. The van der Waals surface area contributed by atoms with Gasteiger partial charge in [0, 0.05) is 24.2 Å². The molecule has 5 rings (SSSR count). The largest absolute Gasteiger partial charge is 0.478 e. The highest BCUT2D eigenvalue weighted by Gasteiger charge is 2.33. The van der Waals surface area contributed by atoms with Crippen LogP contribution >= 0.6 is 0 Å². The Morgan fingerprint density at radius 1 is 0.878 bits per heavy atom. The zero-order valence-corrected chi connectivity index (χ0v) is 25.6. The standard InChI is InChI=1S/C20H17F3N2O4.C15H11FO4/c21-20(22,23)15-6-3-5-13-17(8-9-24-18(13)15)25-16-7-2-1-4-14(16)19(28)29-11-12(27)10-26;1-9(17)20-14-7-4-11(8-13(14)15(18)19)10-2-5-12(16)6-3-10/h1-9,12,26-27H,10-11H2,(H,24,25);2-8H,1H3,(H,18,19). The van der Waals surface area contributed by atoms with Gasteiger partial charge in [0.25, 0.3) is 0 Å². The number of aromatic nitrogens is 1. The Morgan fingerprint density at radius 2 is 1.57 bits per heavy atom. The second-order valence-corrected chi connectivity index (χ2v) is 10.3.